The topological polar surface area (TPSA) is 32.7 Å². The molecule has 1 heterocycles. The van der Waals surface area contributed by atoms with E-state index in [4.69, 9.17) is 4.74 Å². The van der Waals surface area contributed by atoms with E-state index in [9.17, 15) is 5.11 Å². The van der Waals surface area contributed by atoms with Crippen molar-refractivity contribution in [2.24, 2.45) is 0 Å². The van der Waals surface area contributed by atoms with E-state index in [1.54, 1.807) is 0 Å². The van der Waals surface area contributed by atoms with Crippen LogP contribution in [0.3, 0.4) is 0 Å². The van der Waals surface area contributed by atoms with Crippen LogP contribution in [0.1, 0.15) is 31.7 Å². The van der Waals surface area contributed by atoms with Gasteiger partial charge in [0.25, 0.3) is 0 Å². The first-order valence-corrected chi connectivity index (χ1v) is 7.22. The molecule has 0 spiro atoms. The Hall–Kier alpha value is -0.900. The molecule has 19 heavy (non-hydrogen) atoms. The van der Waals surface area contributed by atoms with E-state index in [1.807, 2.05) is 0 Å². The number of hydrogen-bond donors (Lipinski definition) is 1. The predicted molar refractivity (Wildman–Crippen MR) is 77.3 cm³/mol. The second-order valence-electron chi connectivity index (χ2n) is 5.58. The first-order valence-electron chi connectivity index (χ1n) is 7.22. The van der Waals surface area contributed by atoms with E-state index in [1.165, 1.54) is 5.56 Å². The van der Waals surface area contributed by atoms with Gasteiger partial charge in [0.2, 0.25) is 0 Å². The van der Waals surface area contributed by atoms with E-state index in [2.05, 4.69) is 49.1 Å². The Morgan fingerprint density at radius 3 is 2.79 bits per heavy atom. The lowest BCUT2D eigenvalue weighted by Crippen LogP contribution is -2.49. The zero-order valence-corrected chi connectivity index (χ0v) is 12.0. The van der Waals surface area contributed by atoms with Crippen LogP contribution in [0.25, 0.3) is 0 Å². The number of rotatable bonds is 5. The third-order valence-corrected chi connectivity index (χ3v) is 4.06. The minimum atomic E-state index is -0.0109. The highest BCUT2D eigenvalue weighted by molar-refractivity contribution is 5.18. The predicted octanol–water partition coefficient (Wildman–Crippen LogP) is 2.26. The molecule has 0 saturated carbocycles. The molecule has 3 nitrogen and oxygen atoms in total. The molecule has 0 unspecified atom stereocenters. The zero-order chi connectivity index (χ0) is 13.7. The SMILES string of the molecule is C[C@H](CCN1C[C@H](CO)OC[C@@H]1C)c1ccccc1. The van der Waals surface area contributed by atoms with Gasteiger partial charge in [-0.15, -0.1) is 0 Å². The number of aliphatic hydroxyl groups excluding tert-OH is 1. The summed E-state index contributed by atoms with van der Waals surface area (Å²) in [5, 5.41) is 9.20. The molecule has 1 aromatic rings. The van der Waals surface area contributed by atoms with Gasteiger partial charge in [-0.3, -0.25) is 4.90 Å². The monoisotopic (exact) mass is 263 g/mol. The lowest BCUT2D eigenvalue weighted by Gasteiger charge is -2.37. The van der Waals surface area contributed by atoms with E-state index in [0.717, 1.165) is 26.1 Å². The van der Waals surface area contributed by atoms with Gasteiger partial charge in [0, 0.05) is 12.6 Å². The number of hydrogen-bond acceptors (Lipinski definition) is 3. The Morgan fingerprint density at radius 1 is 1.37 bits per heavy atom. The molecule has 0 amide bonds. The normalized spacial score (nSPS) is 26.3. The largest absolute Gasteiger partial charge is 0.394 e. The summed E-state index contributed by atoms with van der Waals surface area (Å²) in [6.07, 6.45) is 1.13. The first kappa shape index (κ1) is 14.5. The summed E-state index contributed by atoms with van der Waals surface area (Å²) in [5.74, 6) is 0.573. The maximum atomic E-state index is 9.20. The lowest BCUT2D eigenvalue weighted by atomic mass is 9.97. The van der Waals surface area contributed by atoms with Crippen molar-refractivity contribution < 1.29 is 9.84 Å². The molecule has 1 aliphatic heterocycles. The molecule has 1 N–H and O–H groups in total. The second kappa shape index (κ2) is 7.04. The van der Waals surface area contributed by atoms with Gasteiger partial charge in [0.05, 0.1) is 19.3 Å². The maximum Gasteiger partial charge on any atom is 0.0933 e. The molecular formula is C16H25NO2. The molecule has 0 radical (unpaired) electrons. The average molecular weight is 263 g/mol. The molecule has 3 heteroatoms. The van der Waals surface area contributed by atoms with Crippen molar-refractivity contribution in [2.45, 2.75) is 38.3 Å². The third kappa shape index (κ3) is 4.03. The minimum Gasteiger partial charge on any atom is -0.394 e. The number of nitrogens with zero attached hydrogens (tertiary/aromatic N) is 1. The van der Waals surface area contributed by atoms with Gasteiger partial charge in [-0.2, -0.15) is 0 Å². The standard InChI is InChI=1S/C16H25NO2/c1-13(15-6-4-3-5-7-15)8-9-17-10-16(11-18)19-12-14(17)2/h3-7,13-14,16,18H,8-12H2,1-2H3/t13-,14+,16-/m1/s1. The van der Waals surface area contributed by atoms with Gasteiger partial charge in [-0.05, 0) is 31.4 Å². The van der Waals surface area contributed by atoms with Crippen molar-refractivity contribution >= 4 is 0 Å². The number of ether oxygens (including phenoxy) is 1. The van der Waals surface area contributed by atoms with E-state index in [-0.39, 0.29) is 12.7 Å². The maximum absolute atomic E-state index is 9.20. The van der Waals surface area contributed by atoms with E-state index >= 15 is 0 Å². The van der Waals surface area contributed by atoms with Crippen molar-refractivity contribution in [1.82, 2.24) is 4.90 Å². The van der Waals surface area contributed by atoms with Crippen molar-refractivity contribution in [3.63, 3.8) is 0 Å². The minimum absolute atomic E-state index is 0.0109. The molecule has 1 aromatic carbocycles. The summed E-state index contributed by atoms with van der Waals surface area (Å²) in [5.41, 5.74) is 1.40. The summed E-state index contributed by atoms with van der Waals surface area (Å²) in [6, 6.07) is 11.1. The van der Waals surface area contributed by atoms with Crippen molar-refractivity contribution in [2.75, 3.05) is 26.3 Å². The number of aliphatic hydroxyl groups is 1. The van der Waals surface area contributed by atoms with Gasteiger partial charge in [0.1, 0.15) is 0 Å². The smallest absolute Gasteiger partial charge is 0.0933 e. The molecule has 0 bridgehead atoms. The highest BCUT2D eigenvalue weighted by atomic mass is 16.5. The Morgan fingerprint density at radius 2 is 2.11 bits per heavy atom. The van der Waals surface area contributed by atoms with Gasteiger partial charge in [-0.1, -0.05) is 37.3 Å². The van der Waals surface area contributed by atoms with Crippen LogP contribution in [0, 0.1) is 0 Å². The van der Waals surface area contributed by atoms with Crippen LogP contribution in [0.15, 0.2) is 30.3 Å². The van der Waals surface area contributed by atoms with E-state index < -0.39 is 0 Å². The molecule has 2 rings (SSSR count). The summed E-state index contributed by atoms with van der Waals surface area (Å²) in [6.45, 7) is 7.24. The number of morpholine rings is 1. The number of benzene rings is 1. The fraction of sp³-hybridized carbons (Fsp3) is 0.625. The van der Waals surface area contributed by atoms with Gasteiger partial charge >= 0.3 is 0 Å². The summed E-state index contributed by atoms with van der Waals surface area (Å²) in [7, 11) is 0. The van der Waals surface area contributed by atoms with Crippen molar-refractivity contribution in [3.8, 4) is 0 Å². The first-order chi connectivity index (χ1) is 9.20. The van der Waals surface area contributed by atoms with Gasteiger partial charge in [0.15, 0.2) is 0 Å². The Balaban J connectivity index is 1.84. The molecule has 0 aliphatic carbocycles. The van der Waals surface area contributed by atoms with Crippen LogP contribution in [0.4, 0.5) is 0 Å². The molecule has 1 saturated heterocycles. The summed E-state index contributed by atoms with van der Waals surface area (Å²) < 4.78 is 5.57. The van der Waals surface area contributed by atoms with Crippen molar-refractivity contribution in [1.29, 1.82) is 0 Å². The second-order valence-corrected chi connectivity index (χ2v) is 5.58. The molecule has 1 fully saturated rings. The van der Waals surface area contributed by atoms with E-state index in [0.29, 0.717) is 12.0 Å². The van der Waals surface area contributed by atoms with Crippen LogP contribution in [0.5, 0.6) is 0 Å². The molecule has 106 valence electrons. The fourth-order valence-electron chi connectivity index (χ4n) is 2.60. The zero-order valence-electron chi connectivity index (χ0n) is 12.0. The Labute approximate surface area is 116 Å². The molecule has 1 aliphatic rings. The fourth-order valence-corrected chi connectivity index (χ4v) is 2.60. The highest BCUT2D eigenvalue weighted by Gasteiger charge is 2.25. The van der Waals surface area contributed by atoms with Crippen LogP contribution >= 0.6 is 0 Å². The van der Waals surface area contributed by atoms with Crippen LogP contribution in [-0.2, 0) is 4.74 Å². The molecule has 0 aromatic heterocycles. The van der Waals surface area contributed by atoms with Gasteiger partial charge < -0.3 is 9.84 Å². The van der Waals surface area contributed by atoms with Crippen LogP contribution in [0.2, 0.25) is 0 Å². The Bertz CT molecular complexity index is 368. The highest BCUT2D eigenvalue weighted by Crippen LogP contribution is 2.20. The summed E-state index contributed by atoms with van der Waals surface area (Å²) in [4.78, 5) is 2.43. The third-order valence-electron chi connectivity index (χ3n) is 4.06. The summed E-state index contributed by atoms with van der Waals surface area (Å²) >= 11 is 0. The van der Waals surface area contributed by atoms with Crippen LogP contribution in [-0.4, -0.2) is 48.5 Å². The quantitative estimate of drug-likeness (QED) is 0.884. The van der Waals surface area contributed by atoms with Gasteiger partial charge in [-0.25, -0.2) is 0 Å². The lowest BCUT2D eigenvalue weighted by molar-refractivity contribution is -0.0781. The molecular weight excluding hydrogens is 238 g/mol. The van der Waals surface area contributed by atoms with Crippen LogP contribution < -0.4 is 0 Å². The average Bonchev–Trinajstić information content (AvgIpc) is 2.47. The van der Waals surface area contributed by atoms with Crippen molar-refractivity contribution in [3.05, 3.63) is 35.9 Å². The molecule has 3 atom stereocenters. The Kier molecular flexibility index (Phi) is 5.37.